The third kappa shape index (κ3) is 3.77. The number of aryl methyl sites for hydroxylation is 1. The average molecular weight is 418 g/mol. The van der Waals surface area contributed by atoms with Gasteiger partial charge in [-0.25, -0.2) is 0 Å². The van der Waals surface area contributed by atoms with Crippen LogP contribution in [0.3, 0.4) is 0 Å². The number of nitrogens with one attached hydrogen (secondary N) is 1. The summed E-state index contributed by atoms with van der Waals surface area (Å²) in [6, 6.07) is 1.91. The quantitative estimate of drug-likeness (QED) is 0.415. The molecule has 0 atom stereocenters. The van der Waals surface area contributed by atoms with Crippen LogP contribution in [0.4, 0.5) is 5.69 Å². The highest BCUT2D eigenvalue weighted by Crippen LogP contribution is 2.49. The smallest absolute Gasteiger partial charge is 0.326 e. The van der Waals surface area contributed by atoms with Crippen molar-refractivity contribution < 1.29 is 19.1 Å². The first-order valence-corrected chi connectivity index (χ1v) is 10.7. The zero-order chi connectivity index (χ0) is 21.3. The largest absolute Gasteiger partial charge is 0.465 e. The van der Waals surface area contributed by atoms with E-state index in [4.69, 9.17) is 14.9 Å². The first kappa shape index (κ1) is 21.4. The van der Waals surface area contributed by atoms with Crippen LogP contribution in [0.15, 0.2) is 16.0 Å². The fraction of sp³-hybridized carbons (Fsp3) is 0.524. The second-order valence-corrected chi connectivity index (χ2v) is 8.23. The lowest BCUT2D eigenvalue weighted by atomic mass is 9.86. The number of ether oxygens (including phenoxy) is 2. The number of carbonyl (C=O) groups excluding carboxylic acids is 2. The molecule has 156 valence electrons. The predicted octanol–water partition coefficient (Wildman–Crippen LogP) is 3.51. The molecule has 1 aromatic carbocycles. The zero-order valence-corrected chi connectivity index (χ0v) is 18.3. The lowest BCUT2D eigenvalue weighted by Gasteiger charge is -2.23. The van der Waals surface area contributed by atoms with Gasteiger partial charge in [0.15, 0.2) is 11.1 Å². The molecule has 0 unspecified atom stereocenters. The Hall–Kier alpha value is -2.35. The van der Waals surface area contributed by atoms with Gasteiger partial charge in [-0.15, -0.1) is 0 Å². The maximum atomic E-state index is 12.5. The number of rotatable bonds is 7. The van der Waals surface area contributed by atoms with Crippen molar-refractivity contribution in [2.75, 3.05) is 31.2 Å². The molecule has 0 fully saturated rings. The fourth-order valence-electron chi connectivity index (χ4n) is 3.78. The van der Waals surface area contributed by atoms with E-state index in [0.29, 0.717) is 5.56 Å². The Balaban J connectivity index is 2.12. The molecule has 0 aromatic heterocycles. The van der Waals surface area contributed by atoms with Crippen LogP contribution in [0, 0.1) is 18.3 Å². The number of esters is 2. The molecule has 0 saturated carbocycles. The average Bonchev–Trinajstić information content (AvgIpc) is 3.22. The summed E-state index contributed by atoms with van der Waals surface area (Å²) in [6.45, 7) is 11.3. The molecule has 0 saturated heterocycles. The molecule has 29 heavy (non-hydrogen) atoms. The number of aliphatic imine (C=N–C) groups is 1. The monoisotopic (exact) mass is 417 g/mol. The molecule has 0 radical (unpaired) electrons. The minimum atomic E-state index is -1.40. The van der Waals surface area contributed by atoms with E-state index in [0.717, 1.165) is 40.0 Å². The summed E-state index contributed by atoms with van der Waals surface area (Å²) in [5, 5.41) is 9.78. The van der Waals surface area contributed by atoms with Gasteiger partial charge in [-0.05, 0) is 55.6 Å². The Kier molecular flexibility index (Phi) is 6.31. The highest BCUT2D eigenvalue weighted by molar-refractivity contribution is 8.14. The summed E-state index contributed by atoms with van der Waals surface area (Å²) in [5.41, 5.74) is 3.59. The summed E-state index contributed by atoms with van der Waals surface area (Å²) in [6.07, 6.45) is 0. The van der Waals surface area contributed by atoms with Crippen molar-refractivity contribution >= 4 is 40.3 Å². The second kappa shape index (κ2) is 8.57. The van der Waals surface area contributed by atoms with Gasteiger partial charge in [0.2, 0.25) is 0 Å². The van der Waals surface area contributed by atoms with Crippen molar-refractivity contribution in [2.24, 2.45) is 10.9 Å². The number of hydrogen-bond acceptors (Lipinski definition) is 8. The normalized spacial score (nSPS) is 14.7. The molecule has 0 bridgehead atoms. The van der Waals surface area contributed by atoms with Gasteiger partial charge in [-0.3, -0.25) is 14.6 Å². The number of amidine groups is 1. The number of carbonyl (C=O) groups is 2. The molecule has 2 aliphatic rings. The molecular weight excluding hydrogens is 390 g/mol. The third-order valence-corrected chi connectivity index (χ3v) is 6.10. The van der Waals surface area contributed by atoms with Crippen LogP contribution in [-0.4, -0.2) is 49.1 Å². The summed E-state index contributed by atoms with van der Waals surface area (Å²) in [4.78, 5) is 32.9. The van der Waals surface area contributed by atoms with E-state index < -0.39 is 17.9 Å². The van der Waals surface area contributed by atoms with Crippen molar-refractivity contribution in [2.45, 2.75) is 45.4 Å². The van der Waals surface area contributed by atoms with Crippen molar-refractivity contribution in [3.63, 3.8) is 0 Å². The zero-order valence-electron chi connectivity index (χ0n) is 17.5. The highest BCUT2D eigenvalue weighted by atomic mass is 32.2. The van der Waals surface area contributed by atoms with E-state index in [1.807, 2.05) is 13.0 Å². The van der Waals surface area contributed by atoms with Crippen LogP contribution in [0.25, 0.3) is 0 Å². The van der Waals surface area contributed by atoms with E-state index >= 15 is 0 Å². The summed E-state index contributed by atoms with van der Waals surface area (Å²) in [5.74, 6) is -2.80. The summed E-state index contributed by atoms with van der Waals surface area (Å²) >= 11 is 1.60. The van der Waals surface area contributed by atoms with E-state index in [-0.39, 0.29) is 24.8 Å². The first-order chi connectivity index (χ1) is 13.8. The second-order valence-electron chi connectivity index (χ2n) is 7.26. The van der Waals surface area contributed by atoms with Gasteiger partial charge in [0, 0.05) is 17.0 Å². The van der Waals surface area contributed by atoms with Crippen molar-refractivity contribution in [1.82, 2.24) is 0 Å². The molecule has 0 aliphatic carbocycles. The first-order valence-electron chi connectivity index (χ1n) is 9.91. The van der Waals surface area contributed by atoms with E-state index in [1.165, 1.54) is 0 Å². The fourth-order valence-corrected chi connectivity index (χ4v) is 5.23. The van der Waals surface area contributed by atoms with E-state index in [9.17, 15) is 9.59 Å². The van der Waals surface area contributed by atoms with Crippen LogP contribution >= 0.6 is 11.8 Å². The minimum absolute atomic E-state index is 0.0777. The van der Waals surface area contributed by atoms with Crippen molar-refractivity contribution in [3.05, 3.63) is 22.8 Å². The van der Waals surface area contributed by atoms with Gasteiger partial charge in [-0.2, -0.15) is 0 Å². The SMILES string of the molecule is CCOC(=O)C(C(=N)c1cc(C)c2c(c1C(C)C)SC1=NCCN12)C(=O)OCC. The third-order valence-electron chi connectivity index (χ3n) is 4.95. The molecule has 0 spiro atoms. The Bertz CT molecular complexity index is 876. The van der Waals surface area contributed by atoms with Crippen LogP contribution in [-0.2, 0) is 19.1 Å². The number of anilines is 1. The topological polar surface area (TPSA) is 92.0 Å². The van der Waals surface area contributed by atoms with Gasteiger partial charge in [0.25, 0.3) is 0 Å². The van der Waals surface area contributed by atoms with Crippen LogP contribution in [0.1, 0.15) is 50.3 Å². The van der Waals surface area contributed by atoms with Crippen LogP contribution < -0.4 is 4.90 Å². The molecule has 1 N–H and O–H groups in total. The van der Waals surface area contributed by atoms with Gasteiger partial charge >= 0.3 is 11.9 Å². The number of hydrogen-bond donors (Lipinski definition) is 1. The number of nitrogens with zero attached hydrogens (tertiary/aromatic N) is 2. The summed E-state index contributed by atoms with van der Waals surface area (Å²) in [7, 11) is 0. The Labute approximate surface area is 175 Å². The molecule has 2 aliphatic heterocycles. The number of thioether (sulfide) groups is 1. The molecule has 0 amide bonds. The minimum Gasteiger partial charge on any atom is -0.465 e. The van der Waals surface area contributed by atoms with Gasteiger partial charge in [0.05, 0.1) is 31.2 Å². The van der Waals surface area contributed by atoms with Gasteiger partial charge < -0.3 is 19.8 Å². The lowest BCUT2D eigenvalue weighted by Crippen LogP contribution is -2.35. The van der Waals surface area contributed by atoms with Gasteiger partial charge in [-0.1, -0.05) is 13.8 Å². The molecule has 3 rings (SSSR count). The number of fused-ring (bicyclic) bond motifs is 3. The summed E-state index contributed by atoms with van der Waals surface area (Å²) < 4.78 is 10.2. The maximum Gasteiger partial charge on any atom is 0.326 e. The van der Waals surface area contributed by atoms with Gasteiger partial charge in [0.1, 0.15) is 0 Å². The van der Waals surface area contributed by atoms with E-state index in [2.05, 4.69) is 23.7 Å². The Morgan fingerprint density at radius 3 is 2.41 bits per heavy atom. The molecule has 8 heteroatoms. The van der Waals surface area contributed by atoms with Crippen LogP contribution in [0.2, 0.25) is 0 Å². The molecule has 7 nitrogen and oxygen atoms in total. The molecular formula is C21H27N3O4S. The van der Waals surface area contributed by atoms with Crippen molar-refractivity contribution in [1.29, 1.82) is 5.41 Å². The van der Waals surface area contributed by atoms with E-state index in [1.54, 1.807) is 25.6 Å². The van der Waals surface area contributed by atoms with Crippen LogP contribution in [0.5, 0.6) is 0 Å². The number of benzene rings is 1. The molecule has 1 aromatic rings. The Morgan fingerprint density at radius 2 is 1.86 bits per heavy atom. The Morgan fingerprint density at radius 1 is 1.24 bits per heavy atom. The van der Waals surface area contributed by atoms with Crippen molar-refractivity contribution in [3.8, 4) is 0 Å². The molecule has 2 heterocycles. The highest BCUT2D eigenvalue weighted by Gasteiger charge is 2.39. The lowest BCUT2D eigenvalue weighted by molar-refractivity contribution is -0.157. The standard InChI is InChI=1S/C21H27N3O4S/c1-6-27-19(25)15(20(26)28-7-2)16(22)13-10-12(5)17-18(14(13)11(3)4)29-21-23-8-9-24(17)21/h10-11,15,22H,6-9H2,1-5H3. The maximum absolute atomic E-state index is 12.5. The predicted molar refractivity (Wildman–Crippen MR) is 114 cm³/mol.